The number of rotatable bonds is 8. The Labute approximate surface area is 254 Å². The molecule has 0 spiro atoms. The van der Waals surface area contributed by atoms with Crippen LogP contribution in [0.1, 0.15) is 36.0 Å². The summed E-state index contributed by atoms with van der Waals surface area (Å²) in [5.74, 6) is -2.28. The number of carboxylic acids is 1. The molecule has 13 heteroatoms. The van der Waals surface area contributed by atoms with E-state index < -0.39 is 22.0 Å². The monoisotopic (exact) mass is 629 g/mol. The van der Waals surface area contributed by atoms with Gasteiger partial charge in [-0.25, -0.2) is 18.2 Å². The molecule has 2 heterocycles. The second kappa shape index (κ2) is 13.7. The zero-order chi connectivity index (χ0) is 32.1. The van der Waals surface area contributed by atoms with E-state index >= 15 is 0 Å². The van der Waals surface area contributed by atoms with Crippen molar-refractivity contribution in [2.75, 3.05) is 30.7 Å². The molecular weight excluding hydrogens is 595 g/mol. The molecule has 0 radical (unpaired) electrons. The Morgan fingerprint density at radius 1 is 0.955 bits per heavy atom. The van der Waals surface area contributed by atoms with E-state index in [4.69, 9.17) is 14.9 Å². The summed E-state index contributed by atoms with van der Waals surface area (Å²) in [6.45, 7) is 9.23. The number of carboxylic acid groups (broad SMARTS) is 1. The summed E-state index contributed by atoms with van der Waals surface area (Å²) in [4.78, 5) is 16.2. The number of likely N-dealkylation sites (tertiary alicyclic amines) is 1. The molecule has 5 rings (SSSR count). The highest BCUT2D eigenvalue weighted by molar-refractivity contribution is 7.91. The third-order valence-corrected chi connectivity index (χ3v) is 9.10. The SMILES string of the molecule is Cc1cccc(C)c1-c1cc(C)c2nc(Nc3cccc(S(=O)(=O)CCCN4CCCC4)c3)nnc2c1.O=C(O)C(F)(F)F. The van der Waals surface area contributed by atoms with Gasteiger partial charge in [-0.2, -0.15) is 13.2 Å². The average Bonchev–Trinajstić information content (AvgIpc) is 3.47. The number of benzene rings is 3. The van der Waals surface area contributed by atoms with Crippen molar-refractivity contribution in [3.8, 4) is 11.1 Å². The maximum atomic E-state index is 12.9. The van der Waals surface area contributed by atoms with Crippen molar-refractivity contribution in [1.82, 2.24) is 20.1 Å². The number of sulfone groups is 1. The van der Waals surface area contributed by atoms with Crippen LogP contribution in [0.15, 0.2) is 59.5 Å². The van der Waals surface area contributed by atoms with Gasteiger partial charge in [0.2, 0.25) is 5.95 Å². The van der Waals surface area contributed by atoms with Crippen molar-refractivity contribution in [2.24, 2.45) is 0 Å². The van der Waals surface area contributed by atoms with Crippen molar-refractivity contribution >= 4 is 38.5 Å². The molecule has 1 fully saturated rings. The fourth-order valence-electron chi connectivity index (χ4n) is 5.18. The number of anilines is 2. The molecule has 3 aromatic carbocycles. The molecule has 1 aliphatic rings. The molecule has 0 amide bonds. The summed E-state index contributed by atoms with van der Waals surface area (Å²) < 4.78 is 57.6. The van der Waals surface area contributed by atoms with E-state index in [1.807, 2.05) is 19.1 Å². The van der Waals surface area contributed by atoms with E-state index in [-0.39, 0.29) is 5.75 Å². The number of carbonyl (C=O) groups is 1. The quantitative estimate of drug-likeness (QED) is 0.233. The van der Waals surface area contributed by atoms with Crippen LogP contribution in [0.5, 0.6) is 0 Å². The van der Waals surface area contributed by atoms with E-state index in [2.05, 4.69) is 58.5 Å². The van der Waals surface area contributed by atoms with E-state index in [9.17, 15) is 21.6 Å². The smallest absolute Gasteiger partial charge is 0.475 e. The van der Waals surface area contributed by atoms with Gasteiger partial charge in [0, 0.05) is 5.69 Å². The second-order valence-electron chi connectivity index (χ2n) is 10.7. The molecule has 0 atom stereocenters. The van der Waals surface area contributed by atoms with Crippen molar-refractivity contribution in [3.05, 3.63) is 71.3 Å². The van der Waals surface area contributed by atoms with Crippen LogP contribution in [-0.2, 0) is 14.6 Å². The summed E-state index contributed by atoms with van der Waals surface area (Å²) >= 11 is 0. The van der Waals surface area contributed by atoms with Gasteiger partial charge in [-0.15, -0.1) is 10.2 Å². The number of nitrogens with one attached hydrogen (secondary N) is 1. The van der Waals surface area contributed by atoms with Gasteiger partial charge in [-0.3, -0.25) is 0 Å². The van der Waals surface area contributed by atoms with E-state index in [1.165, 1.54) is 29.5 Å². The molecule has 0 unspecified atom stereocenters. The Balaban J connectivity index is 0.000000566. The summed E-state index contributed by atoms with van der Waals surface area (Å²) in [5, 5.41) is 19.0. The van der Waals surface area contributed by atoms with Gasteiger partial charge in [0.15, 0.2) is 9.84 Å². The molecule has 44 heavy (non-hydrogen) atoms. The molecule has 0 aliphatic carbocycles. The van der Waals surface area contributed by atoms with Gasteiger partial charge in [0.1, 0.15) is 5.52 Å². The molecule has 2 N–H and O–H groups in total. The first kappa shape index (κ1) is 32.8. The number of hydrogen-bond acceptors (Lipinski definition) is 8. The standard InChI is InChI=1S/C29H33N5O2S.C2HF3O2/c1-20-9-6-10-21(2)27(20)23-17-22(3)28-26(18-23)32-33-29(31-28)30-24-11-7-12-25(19-24)37(35,36)16-8-15-34-13-4-5-14-34;3-2(4,5)1(6)7/h6-7,9-12,17-19H,4-5,8,13-16H2,1-3H3,(H,30,31,33);(H,6,7). The maximum absolute atomic E-state index is 12.9. The molecule has 1 aliphatic heterocycles. The van der Waals surface area contributed by atoms with E-state index in [0.29, 0.717) is 23.0 Å². The fraction of sp³-hybridized carbons (Fsp3) is 0.355. The maximum Gasteiger partial charge on any atom is 0.490 e. The van der Waals surface area contributed by atoms with Crippen LogP contribution in [-0.4, -0.2) is 71.1 Å². The lowest BCUT2D eigenvalue weighted by Crippen LogP contribution is -2.22. The van der Waals surface area contributed by atoms with Crippen LogP contribution in [0.2, 0.25) is 0 Å². The predicted octanol–water partition coefficient (Wildman–Crippen LogP) is 6.25. The fourth-order valence-corrected chi connectivity index (χ4v) is 6.52. The van der Waals surface area contributed by atoms with Gasteiger partial charge >= 0.3 is 12.1 Å². The zero-order valence-corrected chi connectivity index (χ0v) is 25.5. The number of alkyl halides is 3. The normalized spacial score (nSPS) is 13.9. The van der Waals surface area contributed by atoms with Crippen LogP contribution < -0.4 is 5.32 Å². The highest BCUT2D eigenvalue weighted by atomic mass is 32.2. The number of hydrogen-bond donors (Lipinski definition) is 2. The summed E-state index contributed by atoms with van der Waals surface area (Å²) in [6, 6.07) is 17.3. The Hall–Kier alpha value is -4.10. The number of aromatic nitrogens is 3. The second-order valence-corrected chi connectivity index (χ2v) is 12.8. The van der Waals surface area contributed by atoms with Crippen LogP contribution in [0.25, 0.3) is 22.2 Å². The number of halogens is 3. The van der Waals surface area contributed by atoms with Crippen molar-refractivity contribution in [2.45, 2.75) is 51.1 Å². The first-order chi connectivity index (χ1) is 20.7. The zero-order valence-electron chi connectivity index (χ0n) is 24.6. The van der Waals surface area contributed by atoms with Crippen LogP contribution in [0.4, 0.5) is 24.8 Å². The molecule has 0 saturated carbocycles. The van der Waals surface area contributed by atoms with Crippen molar-refractivity contribution in [1.29, 1.82) is 0 Å². The summed E-state index contributed by atoms with van der Waals surface area (Å²) in [5.41, 5.74) is 7.83. The van der Waals surface area contributed by atoms with Gasteiger partial charge in [-0.1, -0.05) is 24.3 Å². The molecule has 9 nitrogen and oxygen atoms in total. The molecule has 234 valence electrons. The first-order valence-corrected chi connectivity index (χ1v) is 15.7. The summed E-state index contributed by atoms with van der Waals surface area (Å²) in [6.07, 6.45) is -2.03. The lowest BCUT2D eigenvalue weighted by molar-refractivity contribution is -0.192. The average molecular weight is 630 g/mol. The predicted molar refractivity (Wildman–Crippen MR) is 163 cm³/mol. The molecular formula is C31H34F3N5O4S. The lowest BCUT2D eigenvalue weighted by Gasteiger charge is -2.14. The Morgan fingerprint density at radius 2 is 1.59 bits per heavy atom. The number of fused-ring (bicyclic) bond motifs is 1. The van der Waals surface area contributed by atoms with E-state index in [1.54, 1.807) is 18.2 Å². The Bertz CT molecular complexity index is 1740. The van der Waals surface area contributed by atoms with Crippen LogP contribution >= 0.6 is 0 Å². The van der Waals surface area contributed by atoms with Crippen molar-refractivity contribution < 1.29 is 31.5 Å². The van der Waals surface area contributed by atoms with E-state index in [0.717, 1.165) is 41.8 Å². The Kier molecular flexibility index (Phi) is 10.2. The minimum Gasteiger partial charge on any atom is -0.475 e. The third-order valence-electron chi connectivity index (χ3n) is 7.30. The molecule has 0 bridgehead atoms. The van der Waals surface area contributed by atoms with Gasteiger partial charge in [-0.05, 0) is 118 Å². The van der Waals surface area contributed by atoms with Gasteiger partial charge < -0.3 is 15.3 Å². The molecule has 4 aromatic rings. The minimum absolute atomic E-state index is 0.142. The largest absolute Gasteiger partial charge is 0.490 e. The van der Waals surface area contributed by atoms with Gasteiger partial charge in [0.25, 0.3) is 0 Å². The number of aliphatic carboxylic acids is 1. The highest BCUT2D eigenvalue weighted by Crippen LogP contribution is 2.31. The lowest BCUT2D eigenvalue weighted by atomic mass is 9.94. The highest BCUT2D eigenvalue weighted by Gasteiger charge is 2.38. The molecule has 1 saturated heterocycles. The first-order valence-electron chi connectivity index (χ1n) is 14.1. The topological polar surface area (TPSA) is 125 Å². The Morgan fingerprint density at radius 3 is 2.23 bits per heavy atom. The molecule has 1 aromatic heterocycles. The number of aryl methyl sites for hydroxylation is 3. The number of nitrogens with zero attached hydrogens (tertiary/aromatic N) is 4. The summed E-state index contributed by atoms with van der Waals surface area (Å²) in [7, 11) is -3.37. The van der Waals surface area contributed by atoms with Crippen molar-refractivity contribution in [3.63, 3.8) is 0 Å². The van der Waals surface area contributed by atoms with Crippen LogP contribution in [0.3, 0.4) is 0 Å². The minimum atomic E-state index is -5.08. The third kappa shape index (κ3) is 8.29. The van der Waals surface area contributed by atoms with Crippen LogP contribution in [0, 0.1) is 20.8 Å². The van der Waals surface area contributed by atoms with Gasteiger partial charge in [0.05, 0.1) is 16.2 Å².